The van der Waals surface area contributed by atoms with Gasteiger partial charge in [0.05, 0.1) is 16.4 Å². The van der Waals surface area contributed by atoms with Gasteiger partial charge in [0.15, 0.2) is 0 Å². The number of halogens is 2. The molecule has 0 N–H and O–H groups in total. The fourth-order valence-electron chi connectivity index (χ4n) is 0.622. The van der Waals surface area contributed by atoms with Crippen LogP contribution in [0.15, 0.2) is 19.6 Å². The Morgan fingerprint density at radius 1 is 1.57 bits per heavy atom. The summed E-state index contributed by atoms with van der Waals surface area (Å²) in [5.74, 6) is -0.387. The summed E-state index contributed by atoms with van der Waals surface area (Å²) in [6, 6.07) is 0. The third-order valence-corrected chi connectivity index (χ3v) is 4.77. The van der Waals surface area contributed by atoms with Gasteiger partial charge in [-0.1, -0.05) is 58.9 Å². The molecule has 7 heteroatoms. The highest BCUT2D eigenvalue weighted by molar-refractivity contribution is 8.28. The molecule has 0 atom stereocenters. The highest BCUT2D eigenvalue weighted by atomic mass is 35.5. The zero-order valence-corrected chi connectivity index (χ0v) is 10.8. The largest absolute Gasteiger partial charge is 0.465 e. The van der Waals surface area contributed by atoms with Gasteiger partial charge in [0.25, 0.3) is 0 Å². The van der Waals surface area contributed by atoms with Crippen LogP contribution in [0.25, 0.3) is 0 Å². The third kappa shape index (κ3) is 2.90. The molecule has 1 heterocycles. The first kappa shape index (κ1) is 12.4. The van der Waals surface area contributed by atoms with Gasteiger partial charge in [0.2, 0.25) is 0 Å². The number of methoxy groups -OCH3 is 1. The lowest BCUT2D eigenvalue weighted by Crippen LogP contribution is -1.99. The second-order valence-electron chi connectivity index (χ2n) is 2.07. The summed E-state index contributed by atoms with van der Waals surface area (Å²) in [5, 5.41) is 1.95. The molecular formula is C7H4Cl2O2S3. The van der Waals surface area contributed by atoms with Crippen molar-refractivity contribution < 1.29 is 9.53 Å². The number of esters is 1. The Morgan fingerprint density at radius 3 is 2.71 bits per heavy atom. The fraction of sp³-hybridized carbons (Fsp3) is 0.143. The van der Waals surface area contributed by atoms with Crippen LogP contribution < -0.4 is 0 Å². The van der Waals surface area contributed by atoms with Crippen LogP contribution in [0.1, 0.15) is 0 Å². The number of ether oxygens (including phenoxy) is 1. The van der Waals surface area contributed by atoms with E-state index in [1.54, 1.807) is 5.41 Å². The molecule has 2 nitrogen and oxygen atoms in total. The highest BCUT2D eigenvalue weighted by Gasteiger charge is 2.22. The summed E-state index contributed by atoms with van der Waals surface area (Å²) >= 11 is 18.6. The normalized spacial score (nSPS) is 18.9. The number of rotatable bonds is 2. The second kappa shape index (κ2) is 5.42. The van der Waals surface area contributed by atoms with E-state index < -0.39 is 0 Å². The number of carbonyl (C=O) groups is 1. The van der Waals surface area contributed by atoms with Gasteiger partial charge < -0.3 is 4.74 Å². The van der Waals surface area contributed by atoms with Crippen LogP contribution in [0.4, 0.5) is 0 Å². The van der Waals surface area contributed by atoms with Gasteiger partial charge in [-0.2, -0.15) is 0 Å². The van der Waals surface area contributed by atoms with E-state index in [0.29, 0.717) is 14.2 Å². The van der Waals surface area contributed by atoms with E-state index in [9.17, 15) is 4.79 Å². The average molecular weight is 287 g/mol. The Bertz CT molecular complexity index is 349. The number of thiocarbonyl (C=S) groups is 1. The Balaban J connectivity index is 2.76. The predicted molar refractivity (Wildman–Crippen MR) is 66.6 cm³/mol. The van der Waals surface area contributed by atoms with Crippen molar-refractivity contribution in [1.82, 2.24) is 0 Å². The minimum Gasteiger partial charge on any atom is -0.465 e. The van der Waals surface area contributed by atoms with Crippen LogP contribution in [0.3, 0.4) is 0 Å². The SMILES string of the molecule is COC(=O)C1=CS/C(=C(/Cl)C(=S)Cl)S1. The number of hydrogen-bond acceptors (Lipinski definition) is 5. The molecule has 1 aliphatic heterocycles. The van der Waals surface area contributed by atoms with Gasteiger partial charge in [-0.15, -0.1) is 0 Å². The topological polar surface area (TPSA) is 26.3 Å². The number of thioether (sulfide) groups is 2. The molecule has 0 aromatic rings. The van der Waals surface area contributed by atoms with E-state index in [2.05, 4.69) is 4.74 Å². The summed E-state index contributed by atoms with van der Waals surface area (Å²) in [5.41, 5.74) is 0. The quantitative estimate of drug-likeness (QED) is 0.335. The van der Waals surface area contributed by atoms with E-state index in [-0.39, 0.29) is 10.3 Å². The van der Waals surface area contributed by atoms with Crippen LogP contribution >= 0.6 is 58.9 Å². The molecule has 0 aliphatic carbocycles. The zero-order valence-electron chi connectivity index (χ0n) is 6.87. The van der Waals surface area contributed by atoms with Crippen molar-refractivity contribution in [3.05, 3.63) is 19.6 Å². The summed E-state index contributed by atoms with van der Waals surface area (Å²) < 4.78 is 5.35. The molecule has 0 saturated heterocycles. The first-order valence-corrected chi connectivity index (χ1v) is 6.15. The molecule has 1 aliphatic rings. The molecule has 0 fully saturated rings. The van der Waals surface area contributed by atoms with Crippen molar-refractivity contribution in [2.75, 3.05) is 7.11 Å². The lowest BCUT2D eigenvalue weighted by atomic mass is 10.6. The molecule has 76 valence electrons. The van der Waals surface area contributed by atoms with Crippen molar-refractivity contribution >= 4 is 69.2 Å². The van der Waals surface area contributed by atoms with Crippen LogP contribution in [0, 0.1) is 0 Å². The maximum Gasteiger partial charge on any atom is 0.345 e. The lowest BCUT2D eigenvalue weighted by Gasteiger charge is -1.99. The Hall–Kier alpha value is 0.320. The van der Waals surface area contributed by atoms with Crippen LogP contribution in [0.5, 0.6) is 0 Å². The molecule has 0 radical (unpaired) electrons. The minimum absolute atomic E-state index is 0.0983. The van der Waals surface area contributed by atoms with Crippen LogP contribution in [0.2, 0.25) is 0 Å². The maximum atomic E-state index is 11.1. The Morgan fingerprint density at radius 2 is 2.21 bits per heavy atom. The average Bonchev–Trinajstić information content (AvgIpc) is 2.64. The van der Waals surface area contributed by atoms with E-state index in [4.69, 9.17) is 35.4 Å². The van der Waals surface area contributed by atoms with Gasteiger partial charge in [0.1, 0.15) is 9.23 Å². The lowest BCUT2D eigenvalue weighted by molar-refractivity contribution is -0.135. The molecule has 1 rings (SSSR count). The summed E-state index contributed by atoms with van der Waals surface area (Å²) in [6.07, 6.45) is 0. The van der Waals surface area contributed by atoms with E-state index in [0.717, 1.165) is 0 Å². The highest BCUT2D eigenvalue weighted by Crippen LogP contribution is 2.46. The van der Waals surface area contributed by atoms with Crippen LogP contribution in [-0.4, -0.2) is 17.4 Å². The first-order chi connectivity index (χ1) is 6.56. The summed E-state index contributed by atoms with van der Waals surface area (Å²) in [4.78, 5) is 11.6. The smallest absolute Gasteiger partial charge is 0.345 e. The third-order valence-electron chi connectivity index (χ3n) is 1.21. The molecular weight excluding hydrogens is 283 g/mol. The van der Waals surface area contributed by atoms with E-state index >= 15 is 0 Å². The van der Waals surface area contributed by atoms with Crippen molar-refractivity contribution in [2.24, 2.45) is 0 Å². The molecule has 0 amide bonds. The second-order valence-corrected chi connectivity index (χ2v) is 5.65. The van der Waals surface area contributed by atoms with E-state index in [1.807, 2.05) is 0 Å². The Labute approximate surface area is 105 Å². The van der Waals surface area contributed by atoms with Gasteiger partial charge in [-0.25, -0.2) is 4.79 Å². The predicted octanol–water partition coefficient (Wildman–Crippen LogP) is 3.45. The van der Waals surface area contributed by atoms with Gasteiger partial charge in [-0.3, -0.25) is 0 Å². The number of carbonyl (C=O) groups excluding carboxylic acids is 1. The molecule has 14 heavy (non-hydrogen) atoms. The minimum atomic E-state index is -0.387. The molecule has 0 bridgehead atoms. The summed E-state index contributed by atoms with van der Waals surface area (Å²) in [7, 11) is 1.32. The maximum absolute atomic E-state index is 11.1. The molecule has 0 aromatic heterocycles. The van der Waals surface area contributed by atoms with Crippen molar-refractivity contribution in [2.45, 2.75) is 0 Å². The summed E-state index contributed by atoms with van der Waals surface area (Å²) in [6.45, 7) is 0. The number of hydrogen-bond donors (Lipinski definition) is 0. The first-order valence-electron chi connectivity index (χ1n) is 3.29. The molecule has 0 spiro atoms. The standard InChI is InChI=1S/C7H4Cl2O2S3/c1-11-6(10)3-2-13-7(14-3)4(8)5(9)12/h2H,1H3/b7-4-. The Kier molecular flexibility index (Phi) is 4.79. The monoisotopic (exact) mass is 286 g/mol. The molecule has 0 aromatic carbocycles. The zero-order chi connectivity index (χ0) is 10.7. The number of allylic oxidation sites excluding steroid dienone is 1. The van der Waals surface area contributed by atoms with Crippen LogP contribution in [-0.2, 0) is 9.53 Å². The molecule has 0 unspecified atom stereocenters. The molecule has 0 saturated carbocycles. The van der Waals surface area contributed by atoms with Gasteiger partial charge in [-0.05, 0) is 5.41 Å². The van der Waals surface area contributed by atoms with Gasteiger partial charge >= 0.3 is 5.97 Å². The van der Waals surface area contributed by atoms with Crippen molar-refractivity contribution in [3.8, 4) is 0 Å². The fourth-order valence-corrected chi connectivity index (χ4v) is 3.33. The van der Waals surface area contributed by atoms with Crippen molar-refractivity contribution in [1.29, 1.82) is 0 Å². The van der Waals surface area contributed by atoms with Crippen molar-refractivity contribution in [3.63, 3.8) is 0 Å². The van der Waals surface area contributed by atoms with E-state index in [1.165, 1.54) is 30.6 Å². The van der Waals surface area contributed by atoms with Gasteiger partial charge in [0, 0.05) is 0 Å².